The lowest BCUT2D eigenvalue weighted by Gasteiger charge is -2.13. The summed E-state index contributed by atoms with van der Waals surface area (Å²) in [6.45, 7) is 0. The average Bonchev–Trinajstić information content (AvgIpc) is 2.73. The van der Waals surface area contributed by atoms with Gasteiger partial charge in [0.1, 0.15) is 17.9 Å². The smallest absolute Gasteiger partial charge is 0.271 e. The van der Waals surface area contributed by atoms with Gasteiger partial charge in [-0.3, -0.25) is 21.1 Å². The van der Waals surface area contributed by atoms with Gasteiger partial charge < -0.3 is 10.1 Å². The summed E-state index contributed by atoms with van der Waals surface area (Å²) in [5.41, 5.74) is 8.49. The molecule has 0 aliphatic heterocycles. The van der Waals surface area contributed by atoms with Crippen LogP contribution in [0.15, 0.2) is 53.6 Å². The first-order valence-corrected chi connectivity index (χ1v) is 8.22. The molecule has 0 saturated heterocycles. The molecular formula is C18H15N7O2S. The number of hydrazone groups is 1. The molecule has 0 radical (unpaired) electrons. The van der Waals surface area contributed by atoms with Gasteiger partial charge in [-0.1, -0.05) is 12.1 Å². The van der Waals surface area contributed by atoms with Crippen LogP contribution in [0.3, 0.4) is 0 Å². The standard InChI is InChI=1S/C18H15N7O2S/c1-27-14-8-6-12(7-9-14)21-18(28)25-24-17(26)15-4-2-3-5-16(15)23-22-13(10-19)11-20/h2-9,23H,1H3,(H,24,26)(H2,21,25,28). The highest BCUT2D eigenvalue weighted by Gasteiger charge is 2.11. The molecule has 0 heterocycles. The van der Waals surface area contributed by atoms with E-state index in [0.717, 1.165) is 0 Å². The molecule has 0 spiro atoms. The second-order valence-electron chi connectivity index (χ2n) is 5.10. The van der Waals surface area contributed by atoms with E-state index in [1.165, 1.54) is 0 Å². The van der Waals surface area contributed by atoms with Crippen molar-refractivity contribution < 1.29 is 9.53 Å². The van der Waals surface area contributed by atoms with Crippen LogP contribution < -0.4 is 26.3 Å². The molecule has 28 heavy (non-hydrogen) atoms. The molecule has 1 amide bonds. The Bertz CT molecular complexity index is 959. The molecule has 0 aliphatic rings. The SMILES string of the molecule is COc1ccc(NC(=S)NNC(=O)c2ccccc2NN=C(C#N)C#N)cc1. The number of hydrogen-bond acceptors (Lipinski definition) is 7. The number of ether oxygens (including phenoxy) is 1. The largest absolute Gasteiger partial charge is 0.497 e. The molecule has 2 aromatic rings. The minimum Gasteiger partial charge on any atom is -0.497 e. The lowest BCUT2D eigenvalue weighted by Crippen LogP contribution is -2.43. The third-order valence-electron chi connectivity index (χ3n) is 3.31. The van der Waals surface area contributed by atoms with Crippen molar-refractivity contribution in [3.05, 3.63) is 54.1 Å². The summed E-state index contributed by atoms with van der Waals surface area (Å²) in [6, 6.07) is 16.8. The van der Waals surface area contributed by atoms with Gasteiger partial charge >= 0.3 is 0 Å². The Balaban J connectivity index is 1.97. The van der Waals surface area contributed by atoms with Crippen molar-refractivity contribution >= 4 is 40.3 Å². The van der Waals surface area contributed by atoms with Gasteiger partial charge in [0.2, 0.25) is 5.71 Å². The Labute approximate surface area is 166 Å². The average molecular weight is 393 g/mol. The number of hydrogen-bond donors (Lipinski definition) is 4. The number of rotatable bonds is 5. The molecule has 0 saturated carbocycles. The van der Waals surface area contributed by atoms with Gasteiger partial charge in [0, 0.05) is 5.69 Å². The fraction of sp³-hybridized carbons (Fsp3) is 0.0556. The van der Waals surface area contributed by atoms with Gasteiger partial charge in [-0.05, 0) is 48.6 Å². The van der Waals surface area contributed by atoms with E-state index in [9.17, 15) is 4.79 Å². The van der Waals surface area contributed by atoms with Crippen molar-refractivity contribution in [3.63, 3.8) is 0 Å². The highest BCUT2D eigenvalue weighted by molar-refractivity contribution is 7.80. The van der Waals surface area contributed by atoms with Gasteiger partial charge in [0.25, 0.3) is 5.91 Å². The minimum atomic E-state index is -0.493. The van der Waals surface area contributed by atoms with E-state index in [4.69, 9.17) is 27.5 Å². The molecule has 0 aliphatic carbocycles. The van der Waals surface area contributed by atoms with Crippen LogP contribution in [-0.2, 0) is 0 Å². The zero-order chi connectivity index (χ0) is 20.4. The summed E-state index contributed by atoms with van der Waals surface area (Å²) in [7, 11) is 1.57. The number of benzene rings is 2. The number of methoxy groups -OCH3 is 1. The van der Waals surface area contributed by atoms with Gasteiger partial charge in [0.05, 0.1) is 18.4 Å². The molecule has 0 atom stereocenters. The monoisotopic (exact) mass is 393 g/mol. The lowest BCUT2D eigenvalue weighted by atomic mass is 10.2. The number of nitrogens with one attached hydrogen (secondary N) is 4. The summed E-state index contributed by atoms with van der Waals surface area (Å²) < 4.78 is 5.08. The highest BCUT2D eigenvalue weighted by Crippen LogP contribution is 2.16. The number of carbonyl (C=O) groups excluding carboxylic acids is 1. The second-order valence-corrected chi connectivity index (χ2v) is 5.51. The van der Waals surface area contributed by atoms with Crippen molar-refractivity contribution in [1.29, 1.82) is 10.5 Å². The fourth-order valence-corrected chi connectivity index (χ4v) is 2.16. The molecule has 4 N–H and O–H groups in total. The van der Waals surface area contributed by atoms with Gasteiger partial charge in [-0.25, -0.2) is 0 Å². The van der Waals surface area contributed by atoms with Crippen molar-refractivity contribution in [3.8, 4) is 17.9 Å². The van der Waals surface area contributed by atoms with E-state index in [-0.39, 0.29) is 16.4 Å². The Morgan fingerprint density at radius 1 is 1.07 bits per heavy atom. The van der Waals surface area contributed by atoms with Crippen LogP contribution in [0.25, 0.3) is 0 Å². The number of nitriles is 2. The van der Waals surface area contributed by atoms with Crippen LogP contribution in [0.2, 0.25) is 0 Å². The third kappa shape index (κ3) is 5.69. The Hall–Kier alpha value is -4.15. The number of hydrazine groups is 1. The highest BCUT2D eigenvalue weighted by atomic mass is 32.1. The van der Waals surface area contributed by atoms with Gasteiger partial charge in [0.15, 0.2) is 5.11 Å². The molecule has 2 rings (SSSR count). The Morgan fingerprint density at radius 2 is 1.75 bits per heavy atom. The fourth-order valence-electron chi connectivity index (χ4n) is 1.99. The maximum absolute atomic E-state index is 12.4. The van der Waals surface area contributed by atoms with E-state index in [2.05, 4.69) is 26.7 Å². The second kappa shape index (κ2) is 10.1. The third-order valence-corrected chi connectivity index (χ3v) is 3.51. The first-order valence-electron chi connectivity index (χ1n) is 7.81. The molecule has 9 nitrogen and oxygen atoms in total. The first-order chi connectivity index (χ1) is 13.6. The molecule has 2 aromatic carbocycles. The zero-order valence-electron chi connectivity index (χ0n) is 14.7. The number of anilines is 2. The summed E-state index contributed by atoms with van der Waals surface area (Å²) in [5.74, 6) is 0.216. The van der Waals surface area contributed by atoms with E-state index in [1.807, 2.05) is 0 Å². The summed E-state index contributed by atoms with van der Waals surface area (Å²) >= 11 is 5.14. The van der Waals surface area contributed by atoms with E-state index in [1.54, 1.807) is 67.8 Å². The minimum absolute atomic E-state index is 0.179. The number of para-hydroxylation sites is 1. The number of carbonyl (C=O) groups is 1. The van der Waals surface area contributed by atoms with Crippen molar-refractivity contribution in [2.24, 2.45) is 5.10 Å². The van der Waals surface area contributed by atoms with Crippen molar-refractivity contribution in [2.45, 2.75) is 0 Å². The maximum Gasteiger partial charge on any atom is 0.271 e. The van der Waals surface area contributed by atoms with E-state index < -0.39 is 5.91 Å². The molecule has 0 unspecified atom stereocenters. The van der Waals surface area contributed by atoms with Crippen LogP contribution in [0.4, 0.5) is 11.4 Å². The maximum atomic E-state index is 12.4. The van der Waals surface area contributed by atoms with Gasteiger partial charge in [-0.15, -0.1) is 0 Å². The molecule has 0 bridgehead atoms. The number of nitrogens with zero attached hydrogens (tertiary/aromatic N) is 3. The molecule has 140 valence electrons. The van der Waals surface area contributed by atoms with E-state index >= 15 is 0 Å². The number of thiocarbonyl (C=S) groups is 1. The molecule has 10 heteroatoms. The predicted octanol–water partition coefficient (Wildman–Crippen LogP) is 2.14. The molecular weight excluding hydrogens is 378 g/mol. The Morgan fingerprint density at radius 3 is 2.39 bits per heavy atom. The summed E-state index contributed by atoms with van der Waals surface area (Å²) in [6.07, 6.45) is 0. The van der Waals surface area contributed by atoms with Crippen molar-refractivity contribution in [2.75, 3.05) is 17.9 Å². The number of amides is 1. The van der Waals surface area contributed by atoms with Gasteiger partial charge in [-0.2, -0.15) is 15.6 Å². The molecule has 0 fully saturated rings. The van der Waals surface area contributed by atoms with Crippen LogP contribution in [0.1, 0.15) is 10.4 Å². The van der Waals surface area contributed by atoms with Crippen LogP contribution >= 0.6 is 12.2 Å². The van der Waals surface area contributed by atoms with Crippen LogP contribution in [-0.4, -0.2) is 23.8 Å². The first kappa shape index (κ1) is 20.2. The predicted molar refractivity (Wildman–Crippen MR) is 109 cm³/mol. The van der Waals surface area contributed by atoms with Crippen molar-refractivity contribution in [1.82, 2.24) is 10.9 Å². The van der Waals surface area contributed by atoms with Crippen LogP contribution in [0.5, 0.6) is 5.75 Å². The topological polar surface area (TPSA) is 134 Å². The Kier molecular flexibility index (Phi) is 7.28. The normalized spacial score (nSPS) is 9.11. The quantitative estimate of drug-likeness (QED) is 0.345. The zero-order valence-corrected chi connectivity index (χ0v) is 15.5. The lowest BCUT2D eigenvalue weighted by molar-refractivity contribution is 0.0945. The summed E-state index contributed by atoms with van der Waals surface area (Å²) in [4.78, 5) is 12.4. The van der Waals surface area contributed by atoms with E-state index in [0.29, 0.717) is 17.1 Å². The van der Waals surface area contributed by atoms with Crippen LogP contribution in [0, 0.1) is 22.7 Å². The summed E-state index contributed by atoms with van der Waals surface area (Å²) in [5, 5.41) is 24.2. The molecule has 0 aromatic heterocycles.